The van der Waals surface area contributed by atoms with Gasteiger partial charge in [0.1, 0.15) is 0 Å². The minimum atomic E-state index is -3.69. The van der Waals surface area contributed by atoms with Gasteiger partial charge in [-0.05, 0) is 62.3 Å². The van der Waals surface area contributed by atoms with Gasteiger partial charge in [0.15, 0.2) is 0 Å². The Morgan fingerprint density at radius 1 is 0.579 bits per heavy atom. The van der Waals surface area contributed by atoms with Crippen LogP contribution in [0.1, 0.15) is 62.3 Å². The van der Waals surface area contributed by atoms with Crippen molar-refractivity contribution in [1.82, 2.24) is 0 Å². The molecule has 0 saturated carbocycles. The van der Waals surface area contributed by atoms with Crippen LogP contribution in [0.15, 0.2) is 0 Å². The summed E-state index contributed by atoms with van der Waals surface area (Å²) >= 11 is -3.69. The predicted molar refractivity (Wildman–Crippen MR) is 69.5 cm³/mol. The maximum absolute atomic E-state index is 8.67. The first-order valence-electron chi connectivity index (χ1n) is 5.74. The Kier molecular flexibility index (Phi) is 17.0. The summed E-state index contributed by atoms with van der Waals surface area (Å²) in [6.07, 6.45) is 0. The van der Waals surface area contributed by atoms with Crippen LogP contribution in [-0.4, -0.2) is 36.2 Å². The van der Waals surface area contributed by atoms with Gasteiger partial charge in [-0.25, -0.2) is 0 Å². The van der Waals surface area contributed by atoms with Crippen LogP contribution in [0.5, 0.6) is 0 Å². The minimum absolute atomic E-state index is 0.500. The fraction of sp³-hybridized carbons (Fsp3) is 1.00. The summed E-state index contributed by atoms with van der Waals surface area (Å²) < 4.78 is 24.4. The quantitative estimate of drug-likeness (QED) is 0.538. The average molecular weight is 322 g/mol. The molecule has 0 atom stereocenters. The molecule has 120 valence electrons. The fourth-order valence-electron chi connectivity index (χ4n) is 0. The van der Waals surface area contributed by atoms with Crippen LogP contribution in [-0.2, 0) is 22.7 Å². The summed E-state index contributed by atoms with van der Waals surface area (Å²) in [6.45, 7) is 15.7. The van der Waals surface area contributed by atoms with E-state index in [1.54, 1.807) is 62.3 Å². The number of hydrogen-bond donors (Lipinski definition) is 4. The third kappa shape index (κ3) is 7760000. The monoisotopic (exact) mass is 322 g/mol. The summed E-state index contributed by atoms with van der Waals surface area (Å²) in [5, 5.41) is 25.6. The zero-order chi connectivity index (χ0) is 17.1. The molecule has 0 rings (SSSR count). The predicted octanol–water partition coefficient (Wildman–Crippen LogP) is 1.53. The van der Waals surface area contributed by atoms with Crippen LogP contribution >= 0.6 is 0 Å². The second-order valence-electron chi connectivity index (χ2n) is 6.75. The van der Waals surface area contributed by atoms with Crippen molar-refractivity contribution in [3.63, 3.8) is 0 Å². The second-order valence-corrected chi connectivity index (χ2v) is 7.49. The summed E-state index contributed by atoms with van der Waals surface area (Å²) in [4.78, 5) is 0. The van der Waals surface area contributed by atoms with Crippen LogP contribution in [0.3, 0.4) is 0 Å². The zero-order valence-corrected chi connectivity index (χ0v) is 14.9. The number of rotatable bonds is 0. The summed E-state index contributed by atoms with van der Waals surface area (Å²) in [6, 6.07) is 0. The van der Waals surface area contributed by atoms with E-state index < -0.39 is 32.2 Å². The molecule has 6 nitrogen and oxygen atoms in total. The van der Waals surface area contributed by atoms with E-state index >= 15 is 0 Å². The van der Waals surface area contributed by atoms with E-state index in [0.29, 0.717) is 0 Å². The summed E-state index contributed by atoms with van der Waals surface area (Å²) in [5.74, 6) is 0. The molecule has 0 spiro atoms. The van der Waals surface area contributed by atoms with Crippen molar-refractivity contribution in [3.8, 4) is 0 Å². The van der Waals surface area contributed by atoms with Crippen LogP contribution in [0.4, 0.5) is 0 Å². The molecule has 0 amide bonds. The van der Waals surface area contributed by atoms with E-state index in [0.717, 1.165) is 0 Å². The zero-order valence-electron chi connectivity index (χ0n) is 13.6. The molecule has 0 aliphatic heterocycles. The van der Waals surface area contributed by atoms with Crippen molar-refractivity contribution in [2.24, 2.45) is 0 Å². The molecular weight excluding hydrogens is 291 g/mol. The molecule has 0 heterocycles. The molecule has 0 aromatic carbocycles. The van der Waals surface area contributed by atoms with Gasteiger partial charge in [0.05, 0.1) is 16.8 Å². The van der Waals surface area contributed by atoms with Gasteiger partial charge in [-0.15, -0.1) is 0 Å². The SMILES string of the molecule is CC(C)(C)O.CC(C)(C)O.CC(C)(C)O.[O]=[V](=[O])[OH]. The van der Waals surface area contributed by atoms with Crippen LogP contribution in [0, 0.1) is 0 Å². The van der Waals surface area contributed by atoms with Crippen molar-refractivity contribution in [1.29, 1.82) is 0 Å². The van der Waals surface area contributed by atoms with Gasteiger partial charge < -0.3 is 15.3 Å². The van der Waals surface area contributed by atoms with E-state index in [9.17, 15) is 0 Å². The molecule has 4 N–H and O–H groups in total. The van der Waals surface area contributed by atoms with Crippen LogP contribution in [0.25, 0.3) is 0 Å². The molecule has 0 radical (unpaired) electrons. The van der Waals surface area contributed by atoms with E-state index in [1.165, 1.54) is 0 Å². The van der Waals surface area contributed by atoms with Crippen molar-refractivity contribution >= 4 is 0 Å². The molecule has 7 heteroatoms. The first-order chi connectivity index (χ1) is 7.73. The Balaban J connectivity index is -0.0000000793. The molecule has 0 aliphatic rings. The van der Waals surface area contributed by atoms with Crippen molar-refractivity contribution < 1.29 is 42.1 Å². The Bertz CT molecular complexity index is 198. The van der Waals surface area contributed by atoms with Crippen molar-refractivity contribution in [2.75, 3.05) is 0 Å². The molecule has 0 aromatic heterocycles. The Morgan fingerprint density at radius 3 is 0.579 bits per heavy atom. The Morgan fingerprint density at radius 2 is 0.579 bits per heavy atom. The van der Waals surface area contributed by atoms with Crippen molar-refractivity contribution in [3.05, 3.63) is 0 Å². The molecule has 0 aromatic rings. The molecule has 19 heavy (non-hydrogen) atoms. The first-order valence-corrected chi connectivity index (χ1v) is 7.50. The Hall–Kier alpha value is 0.0244. The molecule has 0 bridgehead atoms. The Labute approximate surface area is 121 Å². The van der Waals surface area contributed by atoms with Gasteiger partial charge in [0.2, 0.25) is 0 Å². The summed E-state index contributed by atoms with van der Waals surface area (Å²) in [7, 11) is 0. The number of aliphatic hydroxyl groups is 3. The van der Waals surface area contributed by atoms with Gasteiger partial charge in [0.25, 0.3) is 0 Å². The molecule has 0 aliphatic carbocycles. The van der Waals surface area contributed by atoms with E-state index in [4.69, 9.17) is 26.7 Å². The van der Waals surface area contributed by atoms with Gasteiger partial charge in [-0.3, -0.25) is 0 Å². The van der Waals surface area contributed by atoms with Crippen LogP contribution < -0.4 is 0 Å². The van der Waals surface area contributed by atoms with E-state index in [2.05, 4.69) is 0 Å². The van der Waals surface area contributed by atoms with E-state index in [-0.39, 0.29) is 0 Å². The van der Waals surface area contributed by atoms with Gasteiger partial charge in [-0.1, -0.05) is 0 Å². The topological polar surface area (TPSA) is 115 Å². The first kappa shape index (κ1) is 27.4. The third-order valence-corrected chi connectivity index (χ3v) is 0. The normalized spacial score (nSPS) is 10.8. The molecule has 0 saturated heterocycles. The van der Waals surface area contributed by atoms with Gasteiger partial charge in [0, 0.05) is 0 Å². The standard InChI is InChI=1S/3C4H10O.H2O.2O.V/c3*1-4(2,3)5;;;;/h3*5H,1-3H3;1H2;;;/q;;;;;;+1/p-1. The van der Waals surface area contributed by atoms with Crippen LogP contribution in [0.2, 0.25) is 0 Å². The molecule has 0 unspecified atom stereocenters. The summed E-state index contributed by atoms with van der Waals surface area (Å²) in [5.41, 5.74) is -1.50. The van der Waals surface area contributed by atoms with Gasteiger partial charge in [-0.2, -0.15) is 0 Å². The average Bonchev–Trinajstić information content (AvgIpc) is 1.66. The third-order valence-electron chi connectivity index (χ3n) is 0. The second kappa shape index (κ2) is 11.8. The fourth-order valence-corrected chi connectivity index (χ4v) is 0. The molecular formula is C12H31O6V. The van der Waals surface area contributed by atoms with Crippen molar-refractivity contribution in [2.45, 2.75) is 79.1 Å². The molecule has 0 fully saturated rings. The number of hydrogen-bond acceptors (Lipinski definition) is 5. The van der Waals surface area contributed by atoms with E-state index in [1.807, 2.05) is 0 Å². The van der Waals surface area contributed by atoms with Gasteiger partial charge >= 0.3 is 26.8 Å². The maximum atomic E-state index is 8.67.